The molecule has 7 heteroatoms. The topological polar surface area (TPSA) is 95.3 Å². The molecule has 0 aliphatic heterocycles. The molecule has 4 N–H and O–H groups in total. The van der Waals surface area contributed by atoms with E-state index in [1.165, 1.54) is 0 Å². The fourth-order valence-electron chi connectivity index (χ4n) is 3.61. The average molecular weight is 435 g/mol. The van der Waals surface area contributed by atoms with E-state index in [9.17, 15) is 9.59 Å². The second-order valence-corrected chi connectivity index (χ2v) is 8.43. The minimum absolute atomic E-state index is 0.114. The number of hydrogen-bond donors (Lipinski definition) is 4. The van der Waals surface area contributed by atoms with Crippen LogP contribution in [-0.2, 0) is 16.8 Å². The van der Waals surface area contributed by atoms with Gasteiger partial charge in [0.15, 0.2) is 0 Å². The number of aryl methyl sites for hydroxylation is 1. The molecule has 0 saturated heterocycles. The van der Waals surface area contributed by atoms with Crippen molar-refractivity contribution in [2.24, 2.45) is 0 Å². The highest BCUT2D eigenvalue weighted by molar-refractivity contribution is 5.91. The van der Waals surface area contributed by atoms with Crippen LogP contribution in [0.3, 0.4) is 0 Å². The summed E-state index contributed by atoms with van der Waals surface area (Å²) in [5.41, 5.74) is 9.85. The van der Waals surface area contributed by atoms with Crippen LogP contribution in [0, 0.1) is 6.92 Å². The predicted octanol–water partition coefficient (Wildman–Crippen LogP) is 4.33. The summed E-state index contributed by atoms with van der Waals surface area (Å²) in [5.74, 6) is 0.391. The number of methoxy groups -OCH3 is 1. The number of aromatic nitrogens is 1. The summed E-state index contributed by atoms with van der Waals surface area (Å²) >= 11 is 0. The van der Waals surface area contributed by atoms with Crippen LogP contribution >= 0.6 is 0 Å². The summed E-state index contributed by atoms with van der Waals surface area (Å²) < 4.78 is 5.29. The van der Waals surface area contributed by atoms with Crippen LogP contribution in [0.2, 0.25) is 0 Å². The molecule has 3 amide bonds. The third kappa shape index (κ3) is 5.11. The van der Waals surface area contributed by atoms with E-state index in [1.807, 2.05) is 70.2 Å². The maximum absolute atomic E-state index is 12.5. The van der Waals surface area contributed by atoms with Crippen molar-refractivity contribution in [2.45, 2.75) is 39.7 Å². The highest BCUT2D eigenvalue weighted by atomic mass is 16.5. The molecule has 1 aromatic heterocycles. The number of fused-ring (bicyclic) bond motifs is 1. The first-order chi connectivity index (χ1) is 15.1. The Labute approximate surface area is 188 Å². The van der Waals surface area contributed by atoms with E-state index >= 15 is 0 Å². The number of hydrogen-bond acceptors (Lipinski definition) is 3. The molecular weight excluding hydrogens is 404 g/mol. The van der Waals surface area contributed by atoms with E-state index in [4.69, 9.17) is 4.74 Å². The van der Waals surface area contributed by atoms with Gasteiger partial charge in [-0.15, -0.1) is 0 Å². The van der Waals surface area contributed by atoms with Gasteiger partial charge < -0.3 is 15.0 Å². The Balaban J connectivity index is 1.62. The minimum atomic E-state index is -0.649. The fraction of sp³-hybridized carbons (Fsp3) is 0.280. The maximum Gasteiger partial charge on any atom is 0.334 e. The largest absolute Gasteiger partial charge is 0.497 e. The summed E-state index contributed by atoms with van der Waals surface area (Å²) in [5, 5.41) is 3.81. The van der Waals surface area contributed by atoms with Gasteiger partial charge in [-0.3, -0.25) is 10.2 Å². The number of ether oxygens (including phenoxy) is 1. The molecule has 0 atom stereocenters. The summed E-state index contributed by atoms with van der Waals surface area (Å²) in [6.07, 6.45) is 0.114. The van der Waals surface area contributed by atoms with Crippen LogP contribution in [0.4, 0.5) is 4.79 Å². The van der Waals surface area contributed by atoms with Gasteiger partial charge in [0.1, 0.15) is 5.75 Å². The second kappa shape index (κ2) is 9.18. The molecule has 0 aliphatic rings. The van der Waals surface area contributed by atoms with E-state index in [-0.39, 0.29) is 12.3 Å². The zero-order chi connectivity index (χ0) is 23.5. The van der Waals surface area contributed by atoms with Gasteiger partial charge in [-0.05, 0) is 68.7 Å². The van der Waals surface area contributed by atoms with Gasteiger partial charge in [0.25, 0.3) is 0 Å². The molecule has 3 rings (SSSR count). The summed E-state index contributed by atoms with van der Waals surface area (Å²) in [4.78, 5) is 28.2. The molecule has 3 aromatic rings. The molecule has 168 valence electrons. The number of nitrogens with one attached hydrogen (secondary N) is 4. The fourth-order valence-corrected chi connectivity index (χ4v) is 3.61. The van der Waals surface area contributed by atoms with Crippen molar-refractivity contribution in [1.82, 2.24) is 21.2 Å². The Hall–Kier alpha value is -3.74. The number of benzene rings is 2. The smallest absolute Gasteiger partial charge is 0.334 e. The lowest BCUT2D eigenvalue weighted by molar-refractivity contribution is -0.121. The summed E-state index contributed by atoms with van der Waals surface area (Å²) in [7, 11) is 1.60. The van der Waals surface area contributed by atoms with E-state index < -0.39 is 11.6 Å². The van der Waals surface area contributed by atoms with Gasteiger partial charge in [0.2, 0.25) is 5.91 Å². The summed E-state index contributed by atoms with van der Waals surface area (Å²) in [6.45, 7) is 11.6. The Bertz CT molecular complexity index is 1180. The van der Waals surface area contributed by atoms with Crippen LogP contribution in [0.1, 0.15) is 43.2 Å². The number of amides is 3. The van der Waals surface area contributed by atoms with Crippen LogP contribution in [0.15, 0.2) is 49.0 Å². The first-order valence-electron chi connectivity index (χ1n) is 10.4. The monoisotopic (exact) mass is 434 g/mol. The zero-order valence-corrected chi connectivity index (χ0v) is 19.2. The lowest BCUT2D eigenvalue weighted by atomic mass is 9.92. The van der Waals surface area contributed by atoms with E-state index in [1.54, 1.807) is 7.11 Å². The minimum Gasteiger partial charge on any atom is -0.497 e. The number of hydrazine groups is 1. The molecule has 7 nitrogen and oxygen atoms in total. The van der Waals surface area contributed by atoms with Crippen molar-refractivity contribution in [3.8, 4) is 5.75 Å². The molecule has 0 saturated carbocycles. The molecule has 32 heavy (non-hydrogen) atoms. The van der Waals surface area contributed by atoms with Gasteiger partial charge in [-0.25, -0.2) is 10.2 Å². The molecule has 0 radical (unpaired) electrons. The van der Waals surface area contributed by atoms with E-state index in [2.05, 4.69) is 27.7 Å². The predicted molar refractivity (Wildman–Crippen MR) is 127 cm³/mol. The number of urea groups is 1. The lowest BCUT2D eigenvalue weighted by Gasteiger charge is -2.27. The van der Waals surface area contributed by atoms with Crippen molar-refractivity contribution >= 4 is 28.4 Å². The Morgan fingerprint density at radius 1 is 1.12 bits per heavy atom. The highest BCUT2D eigenvalue weighted by Crippen LogP contribution is 2.27. The molecule has 1 heterocycles. The first kappa shape index (κ1) is 22.9. The van der Waals surface area contributed by atoms with E-state index in [0.717, 1.165) is 38.9 Å². The van der Waals surface area contributed by atoms with Crippen LogP contribution in [-0.4, -0.2) is 24.0 Å². The van der Waals surface area contributed by atoms with Gasteiger partial charge in [-0.2, -0.15) is 0 Å². The van der Waals surface area contributed by atoms with Crippen molar-refractivity contribution < 1.29 is 14.3 Å². The maximum atomic E-state index is 12.5. The number of H-pyrrole nitrogens is 1. The van der Waals surface area contributed by atoms with Crippen LogP contribution < -0.4 is 20.9 Å². The quantitative estimate of drug-likeness (QED) is 0.435. The number of aromatic amines is 1. The second-order valence-electron chi connectivity index (χ2n) is 8.43. The Morgan fingerprint density at radius 2 is 1.88 bits per heavy atom. The molecular formula is C25H30N4O3. The Morgan fingerprint density at radius 3 is 2.56 bits per heavy atom. The van der Waals surface area contributed by atoms with Crippen molar-refractivity contribution in [3.63, 3.8) is 0 Å². The molecule has 0 unspecified atom stereocenters. The van der Waals surface area contributed by atoms with E-state index in [0.29, 0.717) is 5.75 Å². The van der Waals surface area contributed by atoms with Gasteiger partial charge in [-0.1, -0.05) is 30.4 Å². The standard InChI is InChI=1S/C25H30N4O3/c1-15(2)17-8-7-9-18(12-17)25(4,5)27-24(31)29-28-23(30)14-20-16(3)26-22-11-10-19(32-6)13-21(20)22/h7-13,26H,1,14H2,2-6H3,(H,28,30)(H2,27,29,31). The molecule has 0 aliphatic carbocycles. The number of carbonyl (C=O) groups is 2. The van der Waals surface area contributed by atoms with Crippen LogP contribution in [0.5, 0.6) is 5.75 Å². The third-order valence-corrected chi connectivity index (χ3v) is 5.48. The highest BCUT2D eigenvalue weighted by Gasteiger charge is 2.23. The number of rotatable bonds is 6. The lowest BCUT2D eigenvalue weighted by Crippen LogP contribution is -2.52. The summed E-state index contributed by atoms with van der Waals surface area (Å²) in [6, 6.07) is 13.0. The van der Waals surface area contributed by atoms with Crippen molar-refractivity contribution in [2.75, 3.05) is 7.11 Å². The van der Waals surface area contributed by atoms with Crippen molar-refractivity contribution in [3.05, 3.63) is 71.4 Å². The van der Waals surface area contributed by atoms with Crippen molar-refractivity contribution in [1.29, 1.82) is 0 Å². The van der Waals surface area contributed by atoms with Crippen LogP contribution in [0.25, 0.3) is 16.5 Å². The molecule has 0 bridgehead atoms. The van der Waals surface area contributed by atoms with Gasteiger partial charge in [0, 0.05) is 16.6 Å². The normalized spacial score (nSPS) is 11.2. The zero-order valence-electron chi connectivity index (χ0n) is 19.2. The third-order valence-electron chi connectivity index (χ3n) is 5.48. The first-order valence-corrected chi connectivity index (χ1v) is 10.4. The Kier molecular flexibility index (Phi) is 6.58. The molecule has 0 spiro atoms. The number of allylic oxidation sites excluding steroid dienone is 1. The molecule has 0 fully saturated rings. The molecule has 2 aromatic carbocycles. The number of carbonyl (C=O) groups excluding carboxylic acids is 2. The average Bonchev–Trinajstić information content (AvgIpc) is 3.06. The van der Waals surface area contributed by atoms with Gasteiger partial charge >= 0.3 is 6.03 Å². The van der Waals surface area contributed by atoms with Gasteiger partial charge in [0.05, 0.1) is 19.1 Å². The SMILES string of the molecule is C=C(C)c1cccc(C(C)(C)NC(=O)NNC(=O)Cc2c(C)[nH]c3ccc(OC)cc23)c1.